The molecule has 0 radical (unpaired) electrons. The van der Waals surface area contributed by atoms with Crippen molar-refractivity contribution in [3.05, 3.63) is 121 Å². The number of benzene rings is 4. The van der Waals surface area contributed by atoms with E-state index in [1.165, 1.54) is 0 Å². The van der Waals surface area contributed by atoms with Gasteiger partial charge < -0.3 is 48.6 Å². The Labute approximate surface area is 373 Å². The molecular weight excluding hydrogens is 817 g/mol. The number of methoxy groups -OCH3 is 2. The number of carbonyl (C=O) groups excluding carboxylic acids is 2. The van der Waals surface area contributed by atoms with Crippen molar-refractivity contribution in [2.24, 2.45) is 0 Å². The van der Waals surface area contributed by atoms with Gasteiger partial charge in [0.2, 0.25) is 0 Å². The molecule has 2 fully saturated rings. The summed E-state index contributed by atoms with van der Waals surface area (Å²) in [6.45, 7) is 3.22. The molecule has 2 aliphatic heterocycles. The van der Waals surface area contributed by atoms with Gasteiger partial charge in [0.05, 0.1) is 38.3 Å². The van der Waals surface area contributed by atoms with Gasteiger partial charge >= 0.3 is 11.9 Å². The highest BCUT2D eigenvalue weighted by Gasteiger charge is 2.37. The Bertz CT molecular complexity index is 2310. The van der Waals surface area contributed by atoms with Gasteiger partial charge in [0, 0.05) is 73.5 Å². The first-order valence-corrected chi connectivity index (χ1v) is 22.0. The molecule has 2 aromatic heterocycles. The lowest BCUT2D eigenvalue weighted by Gasteiger charge is -2.39. The van der Waals surface area contributed by atoms with Crippen LogP contribution in [0.5, 0.6) is 23.0 Å². The average Bonchev–Trinajstić information content (AvgIpc) is 4.02. The van der Waals surface area contributed by atoms with Crippen molar-refractivity contribution in [3.63, 3.8) is 0 Å². The van der Waals surface area contributed by atoms with E-state index < -0.39 is 35.3 Å². The summed E-state index contributed by atoms with van der Waals surface area (Å²) in [5.41, 5.74) is 1.46. The number of nitrogens with one attached hydrogen (secondary N) is 2. The topological polar surface area (TPSA) is 168 Å². The van der Waals surface area contributed by atoms with Crippen molar-refractivity contribution in [2.75, 3.05) is 66.7 Å². The predicted octanol–water partition coefficient (Wildman–Crippen LogP) is 6.70. The van der Waals surface area contributed by atoms with Crippen LogP contribution in [-0.4, -0.2) is 121 Å². The van der Waals surface area contributed by atoms with Gasteiger partial charge in [0.1, 0.15) is 48.4 Å². The summed E-state index contributed by atoms with van der Waals surface area (Å²) >= 11 is 0. The fourth-order valence-electron chi connectivity index (χ4n) is 8.86. The van der Waals surface area contributed by atoms with Gasteiger partial charge in [-0.15, -0.1) is 0 Å². The number of hydrogen-bond donors (Lipinski definition) is 4. The van der Waals surface area contributed by atoms with Crippen LogP contribution in [0, 0.1) is 0 Å². The molecule has 2 atom stereocenters. The highest BCUT2D eigenvalue weighted by Crippen LogP contribution is 2.36. The molecule has 14 nitrogen and oxygen atoms in total. The van der Waals surface area contributed by atoms with Gasteiger partial charge in [-0.25, -0.2) is 0 Å². The first kappa shape index (κ1) is 44.5. The smallest absolute Gasteiger partial charge is 0.306 e. The Morgan fingerprint density at radius 2 is 1.00 bits per heavy atom. The van der Waals surface area contributed by atoms with Crippen molar-refractivity contribution >= 4 is 33.7 Å². The standard InChI is InChI=1S/C50H58N4O10/c1-59-37-9-3-7-35(29-37)49(57)19-25-53(26-20-49)31-39(33-61-45-13-5-11-43-41(45)17-23-51-43)63-47(55)15-16-48(56)64-40(34-62-46-14-6-12-44-42(46)18-24-52-44)32-54-27-21-50(58,22-28-54)36-8-4-10-38(30-36)60-2/h3-14,17-18,23-24,29-30,39-40,51-52,57-58H,15-16,19-22,25-28,31-34H2,1-2H3/t39-,40-/m0/s1. The summed E-state index contributed by atoms with van der Waals surface area (Å²) in [4.78, 5) is 37.8. The van der Waals surface area contributed by atoms with E-state index in [0.29, 0.717) is 87.9 Å². The second kappa shape index (κ2) is 20.2. The number of nitrogens with zero attached hydrogens (tertiary/aromatic N) is 2. The maximum atomic E-state index is 13.5. The molecule has 14 heteroatoms. The monoisotopic (exact) mass is 874 g/mol. The van der Waals surface area contributed by atoms with Gasteiger partial charge in [0.15, 0.2) is 0 Å². The summed E-state index contributed by atoms with van der Waals surface area (Å²) < 4.78 is 35.5. The average molecular weight is 875 g/mol. The Kier molecular flexibility index (Phi) is 14.1. The molecular formula is C50H58N4O10. The number of likely N-dealkylation sites (tertiary alicyclic amines) is 2. The normalized spacial score (nSPS) is 17.4. The number of carbonyl (C=O) groups is 2. The number of aliphatic hydroxyl groups is 2. The third-order valence-electron chi connectivity index (χ3n) is 12.6. The summed E-state index contributed by atoms with van der Waals surface area (Å²) in [6, 6.07) is 30.4. The highest BCUT2D eigenvalue weighted by molar-refractivity contribution is 5.86. The maximum absolute atomic E-state index is 13.5. The molecule has 0 spiro atoms. The molecule has 0 aliphatic carbocycles. The van der Waals surface area contributed by atoms with Crippen molar-refractivity contribution in [2.45, 2.75) is 61.9 Å². The molecule has 2 saturated heterocycles. The molecule has 4 aromatic carbocycles. The Hall–Kier alpha value is -6.06. The quantitative estimate of drug-likeness (QED) is 0.0638. The van der Waals surface area contributed by atoms with E-state index in [4.69, 9.17) is 28.4 Å². The van der Waals surface area contributed by atoms with Crippen molar-refractivity contribution < 1.29 is 48.2 Å². The lowest BCUT2D eigenvalue weighted by molar-refractivity contribution is -0.159. The summed E-state index contributed by atoms with van der Waals surface area (Å²) in [6.07, 6.45) is 3.95. The zero-order valence-corrected chi connectivity index (χ0v) is 36.5. The van der Waals surface area contributed by atoms with Crippen molar-refractivity contribution in [1.82, 2.24) is 19.8 Å². The van der Waals surface area contributed by atoms with Crippen LogP contribution in [0.15, 0.2) is 109 Å². The van der Waals surface area contributed by atoms with Crippen LogP contribution < -0.4 is 18.9 Å². The number of aromatic amines is 2. The number of aromatic nitrogens is 2. The van der Waals surface area contributed by atoms with E-state index in [-0.39, 0.29) is 26.1 Å². The minimum Gasteiger partial charge on any atom is -0.497 e. The van der Waals surface area contributed by atoms with Crippen LogP contribution in [0.3, 0.4) is 0 Å². The SMILES string of the molecule is COc1cccc(C2(O)CCN(C[C@@H](COc3cccc4[nH]ccc34)OC(=O)CCC(=O)O[C@H](COc3cccc4[nH]ccc34)CN3CCC(O)(c4cccc(OC)c4)CC3)CC2)c1. The number of H-pyrrole nitrogens is 2. The predicted molar refractivity (Wildman–Crippen MR) is 242 cm³/mol. The lowest BCUT2D eigenvalue weighted by Crippen LogP contribution is -2.47. The van der Waals surface area contributed by atoms with Gasteiger partial charge in [0.25, 0.3) is 0 Å². The number of hydrogen-bond acceptors (Lipinski definition) is 12. The lowest BCUT2D eigenvalue weighted by atomic mass is 9.84. The Balaban J connectivity index is 0.891. The number of ether oxygens (including phenoxy) is 6. The van der Waals surface area contributed by atoms with Gasteiger partial charge in [-0.3, -0.25) is 19.4 Å². The summed E-state index contributed by atoms with van der Waals surface area (Å²) in [5, 5.41) is 25.0. The van der Waals surface area contributed by atoms with E-state index in [2.05, 4.69) is 19.8 Å². The molecule has 0 amide bonds. The molecule has 338 valence electrons. The molecule has 0 saturated carbocycles. The fraction of sp³-hybridized carbons (Fsp3) is 0.400. The first-order valence-electron chi connectivity index (χ1n) is 22.0. The Morgan fingerprint density at radius 3 is 1.41 bits per heavy atom. The zero-order valence-electron chi connectivity index (χ0n) is 36.5. The molecule has 4 heterocycles. The highest BCUT2D eigenvalue weighted by atomic mass is 16.6. The fourth-order valence-corrected chi connectivity index (χ4v) is 8.86. The van der Waals surface area contributed by atoms with Gasteiger partial charge in [-0.2, -0.15) is 0 Å². The van der Waals surface area contributed by atoms with Crippen LogP contribution in [0.25, 0.3) is 21.8 Å². The first-order chi connectivity index (χ1) is 31.1. The van der Waals surface area contributed by atoms with Crippen LogP contribution in [0.1, 0.15) is 49.7 Å². The van der Waals surface area contributed by atoms with Crippen LogP contribution in [0.2, 0.25) is 0 Å². The van der Waals surface area contributed by atoms with E-state index in [0.717, 1.165) is 32.9 Å². The third kappa shape index (κ3) is 10.8. The summed E-state index contributed by atoms with van der Waals surface area (Å²) in [7, 11) is 3.22. The molecule has 8 rings (SSSR count). The van der Waals surface area contributed by atoms with Crippen molar-refractivity contribution in [3.8, 4) is 23.0 Å². The number of fused-ring (bicyclic) bond motifs is 2. The third-order valence-corrected chi connectivity index (χ3v) is 12.6. The second-order valence-electron chi connectivity index (χ2n) is 16.9. The largest absolute Gasteiger partial charge is 0.497 e. The number of rotatable bonds is 19. The molecule has 0 unspecified atom stereocenters. The molecule has 64 heavy (non-hydrogen) atoms. The van der Waals surface area contributed by atoms with E-state index in [9.17, 15) is 19.8 Å². The second-order valence-corrected chi connectivity index (χ2v) is 16.9. The minimum absolute atomic E-state index is 0.0905. The van der Waals surface area contributed by atoms with E-state index in [1.807, 2.05) is 109 Å². The minimum atomic E-state index is -1.01. The maximum Gasteiger partial charge on any atom is 0.306 e. The van der Waals surface area contributed by atoms with Crippen LogP contribution >= 0.6 is 0 Å². The summed E-state index contributed by atoms with van der Waals surface area (Å²) in [5.74, 6) is 1.61. The molecule has 4 N–H and O–H groups in total. The van der Waals surface area contributed by atoms with Crippen LogP contribution in [-0.2, 0) is 30.3 Å². The van der Waals surface area contributed by atoms with Gasteiger partial charge in [-0.05, 0) is 97.5 Å². The molecule has 2 aliphatic rings. The Morgan fingerprint density at radius 1 is 0.594 bits per heavy atom. The number of esters is 2. The van der Waals surface area contributed by atoms with Gasteiger partial charge in [-0.1, -0.05) is 36.4 Å². The van der Waals surface area contributed by atoms with Crippen LogP contribution in [0.4, 0.5) is 0 Å². The molecule has 0 bridgehead atoms. The van der Waals surface area contributed by atoms with E-state index in [1.54, 1.807) is 14.2 Å². The molecule has 6 aromatic rings. The van der Waals surface area contributed by atoms with E-state index >= 15 is 0 Å². The zero-order chi connectivity index (χ0) is 44.5. The number of piperidine rings is 2. The van der Waals surface area contributed by atoms with Crippen molar-refractivity contribution in [1.29, 1.82) is 0 Å².